The number of carbonyl (C=O) groups excluding carboxylic acids is 2. The number of nitro benzene ring substituents is 1. The van der Waals surface area contributed by atoms with E-state index in [1.165, 1.54) is 29.3 Å². The van der Waals surface area contributed by atoms with Crippen LogP contribution in [0.2, 0.25) is 0 Å². The SMILES string of the molecule is Cc1c(C(O)=C2C(=O)C(=O)N(CCCN(C)C)[C@H]2c2cccc([N+](=O)[O-])c2)cnn1-c1ccccc1. The summed E-state index contributed by atoms with van der Waals surface area (Å²) in [5, 5.41) is 27.2. The molecular weight excluding hydrogens is 462 g/mol. The van der Waals surface area contributed by atoms with Crippen LogP contribution in [0, 0.1) is 17.0 Å². The van der Waals surface area contributed by atoms with Gasteiger partial charge < -0.3 is 14.9 Å². The molecule has 2 heterocycles. The fourth-order valence-corrected chi connectivity index (χ4v) is 4.44. The molecule has 1 aliphatic heterocycles. The number of ketones is 1. The summed E-state index contributed by atoms with van der Waals surface area (Å²) in [5.74, 6) is -1.94. The molecule has 10 heteroatoms. The fourth-order valence-electron chi connectivity index (χ4n) is 4.44. The zero-order valence-corrected chi connectivity index (χ0v) is 20.3. The van der Waals surface area contributed by atoms with Gasteiger partial charge in [0.15, 0.2) is 0 Å². The summed E-state index contributed by atoms with van der Waals surface area (Å²) < 4.78 is 1.63. The first-order valence-electron chi connectivity index (χ1n) is 11.5. The number of hydrogen-bond donors (Lipinski definition) is 1. The van der Waals surface area contributed by atoms with Crippen molar-refractivity contribution in [3.8, 4) is 5.69 Å². The van der Waals surface area contributed by atoms with Crippen LogP contribution in [0.25, 0.3) is 11.4 Å². The number of Topliss-reactive ketones (excluding diaryl/α,β-unsaturated/α-hetero) is 1. The van der Waals surface area contributed by atoms with Crippen molar-refractivity contribution in [1.82, 2.24) is 19.6 Å². The van der Waals surface area contributed by atoms with Crippen molar-refractivity contribution in [3.63, 3.8) is 0 Å². The van der Waals surface area contributed by atoms with E-state index >= 15 is 0 Å². The number of hydrogen-bond acceptors (Lipinski definition) is 7. The van der Waals surface area contributed by atoms with Gasteiger partial charge in [-0.05, 0) is 51.7 Å². The van der Waals surface area contributed by atoms with E-state index in [9.17, 15) is 24.8 Å². The molecule has 10 nitrogen and oxygen atoms in total. The van der Waals surface area contributed by atoms with Crippen molar-refractivity contribution >= 4 is 23.1 Å². The summed E-state index contributed by atoms with van der Waals surface area (Å²) in [5.41, 5.74) is 1.76. The monoisotopic (exact) mass is 489 g/mol. The summed E-state index contributed by atoms with van der Waals surface area (Å²) in [7, 11) is 3.80. The lowest BCUT2D eigenvalue weighted by Crippen LogP contribution is -2.32. The van der Waals surface area contributed by atoms with Crippen molar-refractivity contribution < 1.29 is 19.6 Å². The normalized spacial score (nSPS) is 17.2. The first-order chi connectivity index (χ1) is 17.2. The maximum atomic E-state index is 13.2. The van der Waals surface area contributed by atoms with E-state index in [2.05, 4.69) is 5.10 Å². The van der Waals surface area contributed by atoms with Crippen molar-refractivity contribution in [1.29, 1.82) is 0 Å². The van der Waals surface area contributed by atoms with Crippen LogP contribution in [-0.4, -0.2) is 68.5 Å². The number of non-ortho nitro benzene ring substituents is 1. The largest absolute Gasteiger partial charge is 0.507 e. The number of aliphatic hydroxyl groups is 1. The van der Waals surface area contributed by atoms with Gasteiger partial charge in [0.05, 0.1) is 39.7 Å². The molecule has 36 heavy (non-hydrogen) atoms. The molecule has 2 aromatic carbocycles. The standard InChI is InChI=1S/C26H27N5O5/c1-17-21(16-27-30(17)19-10-5-4-6-11-19)24(32)22-23(18-9-7-12-20(15-18)31(35)36)29(26(34)25(22)33)14-8-13-28(2)3/h4-7,9-12,15-16,23,32H,8,13-14H2,1-3H3/t23-/m0/s1. The quantitative estimate of drug-likeness (QED) is 0.169. The Morgan fingerprint density at radius 1 is 1.14 bits per heavy atom. The molecule has 1 N–H and O–H groups in total. The highest BCUT2D eigenvalue weighted by Gasteiger charge is 2.46. The second-order valence-electron chi connectivity index (χ2n) is 8.89. The highest BCUT2D eigenvalue weighted by molar-refractivity contribution is 6.46. The molecule has 1 saturated heterocycles. The zero-order chi connectivity index (χ0) is 26.0. The van der Waals surface area contributed by atoms with Gasteiger partial charge in [-0.25, -0.2) is 4.68 Å². The number of benzene rings is 2. The molecule has 0 bridgehead atoms. The minimum atomic E-state index is -0.966. The van der Waals surface area contributed by atoms with Crippen molar-refractivity contribution in [3.05, 3.63) is 93.3 Å². The predicted octanol–water partition coefficient (Wildman–Crippen LogP) is 3.46. The number of rotatable bonds is 8. The highest BCUT2D eigenvalue weighted by atomic mass is 16.6. The van der Waals surface area contributed by atoms with Gasteiger partial charge in [-0.15, -0.1) is 0 Å². The molecule has 4 rings (SSSR count). The Balaban J connectivity index is 1.84. The van der Waals surface area contributed by atoms with E-state index in [0.717, 1.165) is 5.69 Å². The van der Waals surface area contributed by atoms with E-state index in [4.69, 9.17) is 0 Å². The molecular formula is C26H27N5O5. The Kier molecular flexibility index (Phi) is 6.98. The maximum absolute atomic E-state index is 13.2. The van der Waals surface area contributed by atoms with Gasteiger partial charge in [0.1, 0.15) is 5.76 Å². The van der Waals surface area contributed by atoms with Crippen LogP contribution in [0.3, 0.4) is 0 Å². The molecule has 0 radical (unpaired) electrons. The molecule has 1 amide bonds. The number of nitro groups is 1. The van der Waals surface area contributed by atoms with E-state index in [1.54, 1.807) is 17.7 Å². The molecule has 0 saturated carbocycles. The maximum Gasteiger partial charge on any atom is 0.295 e. The summed E-state index contributed by atoms with van der Waals surface area (Å²) >= 11 is 0. The minimum Gasteiger partial charge on any atom is -0.507 e. The summed E-state index contributed by atoms with van der Waals surface area (Å²) in [6, 6.07) is 14.1. The molecule has 1 aliphatic rings. The molecule has 3 aromatic rings. The second-order valence-corrected chi connectivity index (χ2v) is 8.89. The van der Waals surface area contributed by atoms with Gasteiger partial charge in [-0.2, -0.15) is 5.10 Å². The smallest absolute Gasteiger partial charge is 0.295 e. The van der Waals surface area contributed by atoms with Crippen molar-refractivity contribution in [2.24, 2.45) is 0 Å². The number of nitrogens with zero attached hydrogens (tertiary/aromatic N) is 5. The lowest BCUT2D eigenvalue weighted by atomic mass is 9.95. The van der Waals surface area contributed by atoms with Crippen LogP contribution >= 0.6 is 0 Å². The molecule has 0 spiro atoms. The van der Waals surface area contributed by atoms with Crippen LogP contribution in [0.1, 0.15) is 29.3 Å². The Morgan fingerprint density at radius 2 is 1.86 bits per heavy atom. The number of aliphatic hydroxyl groups excluding tert-OH is 1. The lowest BCUT2D eigenvalue weighted by molar-refractivity contribution is -0.384. The van der Waals surface area contributed by atoms with E-state index in [-0.39, 0.29) is 23.6 Å². The van der Waals surface area contributed by atoms with Gasteiger partial charge in [-0.3, -0.25) is 19.7 Å². The molecule has 0 unspecified atom stereocenters. The third kappa shape index (κ3) is 4.63. The summed E-state index contributed by atoms with van der Waals surface area (Å²) in [4.78, 5) is 40.6. The summed E-state index contributed by atoms with van der Waals surface area (Å²) in [6.45, 7) is 2.67. The highest BCUT2D eigenvalue weighted by Crippen LogP contribution is 2.40. The first-order valence-corrected chi connectivity index (χ1v) is 11.5. The van der Waals surface area contributed by atoms with Gasteiger partial charge >= 0.3 is 0 Å². The van der Waals surface area contributed by atoms with Gasteiger partial charge in [0, 0.05) is 18.7 Å². The van der Waals surface area contributed by atoms with E-state index in [1.807, 2.05) is 49.3 Å². The van der Waals surface area contributed by atoms with Crippen molar-refractivity contribution in [2.45, 2.75) is 19.4 Å². The van der Waals surface area contributed by atoms with E-state index < -0.39 is 22.7 Å². The Bertz CT molecular complexity index is 1350. The number of para-hydroxylation sites is 1. The lowest BCUT2D eigenvalue weighted by Gasteiger charge is -2.25. The molecule has 186 valence electrons. The van der Waals surface area contributed by atoms with Crippen LogP contribution < -0.4 is 0 Å². The Labute approximate surface area is 208 Å². The third-order valence-corrected chi connectivity index (χ3v) is 6.21. The van der Waals surface area contributed by atoms with Crippen LogP contribution in [0.15, 0.2) is 66.4 Å². The van der Waals surface area contributed by atoms with Crippen LogP contribution in [0.4, 0.5) is 5.69 Å². The molecule has 1 fully saturated rings. The molecule has 1 aromatic heterocycles. The summed E-state index contributed by atoms with van der Waals surface area (Å²) in [6.07, 6.45) is 2.03. The van der Waals surface area contributed by atoms with E-state index in [0.29, 0.717) is 29.8 Å². The third-order valence-electron chi connectivity index (χ3n) is 6.21. The fraction of sp³-hybridized carbons (Fsp3) is 0.269. The zero-order valence-electron chi connectivity index (χ0n) is 20.3. The first kappa shape index (κ1) is 24.8. The van der Waals surface area contributed by atoms with Crippen molar-refractivity contribution in [2.75, 3.05) is 27.2 Å². The number of likely N-dealkylation sites (tertiary alicyclic amines) is 1. The predicted molar refractivity (Wildman–Crippen MR) is 134 cm³/mol. The molecule has 1 atom stereocenters. The van der Waals surface area contributed by atoms with Gasteiger partial charge in [0.25, 0.3) is 17.4 Å². The van der Waals surface area contributed by atoms with Gasteiger partial charge in [0.2, 0.25) is 0 Å². The topological polar surface area (TPSA) is 122 Å². The number of aromatic nitrogens is 2. The number of carbonyl (C=O) groups is 2. The number of amides is 1. The van der Waals surface area contributed by atoms with Gasteiger partial charge in [-0.1, -0.05) is 30.3 Å². The van der Waals surface area contributed by atoms with Crippen LogP contribution in [0.5, 0.6) is 0 Å². The minimum absolute atomic E-state index is 0.110. The average Bonchev–Trinajstić information content (AvgIpc) is 3.36. The molecule has 0 aliphatic carbocycles. The van der Waals surface area contributed by atoms with Crippen LogP contribution in [-0.2, 0) is 9.59 Å². The Morgan fingerprint density at radius 3 is 2.53 bits per heavy atom. The Hall–Kier alpha value is -4.31. The average molecular weight is 490 g/mol. The second kappa shape index (κ2) is 10.1.